The molecule has 0 fully saturated rings. The molecule has 1 N–H and O–H groups in total. The SMILES string of the molecule is CCCC/C=C/C=C\[C@H](c1ccccc1)[C@H](O)c1ccccc1. The third-order valence-electron chi connectivity index (χ3n) is 3.96. The van der Waals surface area contributed by atoms with Crippen LogP contribution in [0, 0.1) is 0 Å². The van der Waals surface area contributed by atoms with Crippen molar-refractivity contribution in [1.82, 2.24) is 0 Å². The minimum absolute atomic E-state index is 0.0468. The van der Waals surface area contributed by atoms with Gasteiger partial charge in [0.1, 0.15) is 0 Å². The van der Waals surface area contributed by atoms with Crippen molar-refractivity contribution in [3.8, 4) is 0 Å². The number of unbranched alkanes of at least 4 members (excludes halogenated alkanes) is 2. The molecule has 0 saturated heterocycles. The third-order valence-corrected chi connectivity index (χ3v) is 3.96. The average molecular weight is 306 g/mol. The fraction of sp³-hybridized carbons (Fsp3) is 0.273. The second kappa shape index (κ2) is 9.81. The summed E-state index contributed by atoms with van der Waals surface area (Å²) in [6.45, 7) is 2.20. The van der Waals surface area contributed by atoms with Crippen LogP contribution in [0.15, 0.2) is 85.0 Å². The van der Waals surface area contributed by atoms with Crippen LogP contribution in [0.5, 0.6) is 0 Å². The molecule has 2 aromatic rings. The number of hydrogen-bond donors (Lipinski definition) is 1. The van der Waals surface area contributed by atoms with Gasteiger partial charge in [0, 0.05) is 5.92 Å². The monoisotopic (exact) mass is 306 g/mol. The Balaban J connectivity index is 2.16. The zero-order chi connectivity index (χ0) is 16.3. The van der Waals surface area contributed by atoms with Gasteiger partial charge in [-0.25, -0.2) is 0 Å². The van der Waals surface area contributed by atoms with Crippen LogP contribution in [0.3, 0.4) is 0 Å². The lowest BCUT2D eigenvalue weighted by molar-refractivity contribution is 0.162. The number of allylic oxidation sites excluding steroid dienone is 3. The zero-order valence-corrected chi connectivity index (χ0v) is 13.8. The Bertz CT molecular complexity index is 598. The van der Waals surface area contributed by atoms with Crippen LogP contribution in [0.2, 0.25) is 0 Å². The minimum Gasteiger partial charge on any atom is -0.387 e. The van der Waals surface area contributed by atoms with E-state index in [1.54, 1.807) is 0 Å². The average Bonchev–Trinajstić information content (AvgIpc) is 2.62. The molecular weight excluding hydrogens is 280 g/mol. The van der Waals surface area contributed by atoms with Crippen molar-refractivity contribution in [2.45, 2.75) is 38.2 Å². The molecular formula is C22H26O. The summed E-state index contributed by atoms with van der Waals surface area (Å²) in [5.74, 6) is -0.0468. The van der Waals surface area contributed by atoms with E-state index in [-0.39, 0.29) is 5.92 Å². The summed E-state index contributed by atoms with van der Waals surface area (Å²) in [5.41, 5.74) is 2.07. The quantitative estimate of drug-likeness (QED) is 0.482. The summed E-state index contributed by atoms with van der Waals surface area (Å²) in [4.78, 5) is 0. The van der Waals surface area contributed by atoms with Crippen LogP contribution in [-0.2, 0) is 0 Å². The molecule has 1 nitrogen and oxygen atoms in total. The molecule has 0 spiro atoms. The van der Waals surface area contributed by atoms with Gasteiger partial charge < -0.3 is 5.11 Å². The Kier molecular flexibility index (Phi) is 7.35. The summed E-state index contributed by atoms with van der Waals surface area (Å²) in [7, 11) is 0. The highest BCUT2D eigenvalue weighted by Gasteiger charge is 2.19. The largest absolute Gasteiger partial charge is 0.387 e. The Morgan fingerprint density at radius 2 is 1.48 bits per heavy atom. The molecule has 0 saturated carbocycles. The van der Waals surface area contributed by atoms with E-state index < -0.39 is 6.10 Å². The molecule has 0 unspecified atom stereocenters. The van der Waals surface area contributed by atoms with Gasteiger partial charge in [0.15, 0.2) is 0 Å². The summed E-state index contributed by atoms with van der Waals surface area (Å²) >= 11 is 0. The molecule has 0 heterocycles. The van der Waals surface area contributed by atoms with Gasteiger partial charge >= 0.3 is 0 Å². The van der Waals surface area contributed by atoms with Crippen LogP contribution in [0.4, 0.5) is 0 Å². The van der Waals surface area contributed by atoms with Crippen molar-refractivity contribution in [3.63, 3.8) is 0 Å². The van der Waals surface area contributed by atoms with Crippen LogP contribution >= 0.6 is 0 Å². The molecule has 0 aliphatic rings. The molecule has 0 aliphatic heterocycles. The van der Waals surface area contributed by atoms with E-state index in [9.17, 15) is 5.11 Å². The molecule has 0 aromatic heterocycles. The topological polar surface area (TPSA) is 20.2 Å². The van der Waals surface area contributed by atoms with E-state index in [4.69, 9.17) is 0 Å². The molecule has 23 heavy (non-hydrogen) atoms. The van der Waals surface area contributed by atoms with E-state index in [2.05, 4.69) is 43.4 Å². The summed E-state index contributed by atoms with van der Waals surface area (Å²) in [6.07, 6.45) is 11.4. The smallest absolute Gasteiger partial charge is 0.0893 e. The molecule has 2 aromatic carbocycles. The number of benzene rings is 2. The lowest BCUT2D eigenvalue weighted by Gasteiger charge is -2.20. The Hall–Kier alpha value is -2.12. The van der Waals surface area contributed by atoms with Crippen molar-refractivity contribution >= 4 is 0 Å². The predicted molar refractivity (Wildman–Crippen MR) is 98.4 cm³/mol. The van der Waals surface area contributed by atoms with Crippen molar-refractivity contribution in [3.05, 3.63) is 96.1 Å². The fourth-order valence-corrected chi connectivity index (χ4v) is 2.61. The predicted octanol–water partition coefficient (Wildman–Crippen LogP) is 5.81. The van der Waals surface area contributed by atoms with E-state index in [1.807, 2.05) is 48.5 Å². The first kappa shape index (κ1) is 17.2. The Morgan fingerprint density at radius 3 is 2.09 bits per heavy atom. The van der Waals surface area contributed by atoms with E-state index >= 15 is 0 Å². The highest BCUT2D eigenvalue weighted by atomic mass is 16.3. The van der Waals surface area contributed by atoms with Gasteiger partial charge in [-0.05, 0) is 17.5 Å². The highest BCUT2D eigenvalue weighted by molar-refractivity contribution is 5.31. The Morgan fingerprint density at radius 1 is 0.870 bits per heavy atom. The van der Waals surface area contributed by atoms with Crippen LogP contribution in [-0.4, -0.2) is 5.11 Å². The van der Waals surface area contributed by atoms with Gasteiger partial charge in [-0.3, -0.25) is 0 Å². The Labute approximate surface area is 140 Å². The molecule has 0 aliphatic carbocycles. The number of hydrogen-bond acceptors (Lipinski definition) is 1. The van der Waals surface area contributed by atoms with Crippen LogP contribution < -0.4 is 0 Å². The maximum Gasteiger partial charge on any atom is 0.0893 e. The fourth-order valence-electron chi connectivity index (χ4n) is 2.61. The number of aliphatic hydroxyl groups excluding tert-OH is 1. The van der Waals surface area contributed by atoms with Gasteiger partial charge in [0.05, 0.1) is 6.10 Å². The highest BCUT2D eigenvalue weighted by Crippen LogP contribution is 2.32. The maximum absolute atomic E-state index is 10.8. The van der Waals surface area contributed by atoms with Crippen LogP contribution in [0.1, 0.15) is 49.3 Å². The third kappa shape index (κ3) is 5.54. The second-order valence-corrected chi connectivity index (χ2v) is 5.75. The van der Waals surface area contributed by atoms with Gasteiger partial charge in [-0.1, -0.05) is 105 Å². The lowest BCUT2D eigenvalue weighted by Crippen LogP contribution is -2.08. The van der Waals surface area contributed by atoms with Gasteiger partial charge in [0.2, 0.25) is 0 Å². The number of rotatable bonds is 8. The molecule has 120 valence electrons. The summed E-state index contributed by atoms with van der Waals surface area (Å²) in [6, 6.07) is 20.0. The van der Waals surface area contributed by atoms with Gasteiger partial charge in [0.25, 0.3) is 0 Å². The van der Waals surface area contributed by atoms with E-state index in [0.29, 0.717) is 0 Å². The standard InChI is InChI=1S/C22H26O/c1-2-3-4-5-6-13-18-21(19-14-9-7-10-15-19)22(23)20-16-11-8-12-17-20/h5-18,21-23H,2-4H2,1H3/b6-5+,18-13-/t21-,22-/m1/s1. The van der Waals surface area contributed by atoms with Crippen molar-refractivity contribution < 1.29 is 5.11 Å². The summed E-state index contributed by atoms with van der Waals surface area (Å²) < 4.78 is 0. The zero-order valence-electron chi connectivity index (χ0n) is 13.8. The normalized spacial score (nSPS) is 14.3. The van der Waals surface area contributed by atoms with Crippen molar-refractivity contribution in [1.29, 1.82) is 0 Å². The van der Waals surface area contributed by atoms with E-state index in [0.717, 1.165) is 17.5 Å². The first-order valence-electron chi connectivity index (χ1n) is 8.44. The number of aliphatic hydroxyl groups is 1. The van der Waals surface area contributed by atoms with Gasteiger partial charge in [-0.2, -0.15) is 0 Å². The first-order chi connectivity index (χ1) is 11.3. The molecule has 0 radical (unpaired) electrons. The van der Waals surface area contributed by atoms with Crippen molar-refractivity contribution in [2.75, 3.05) is 0 Å². The van der Waals surface area contributed by atoms with E-state index in [1.165, 1.54) is 12.8 Å². The molecule has 2 atom stereocenters. The second-order valence-electron chi connectivity index (χ2n) is 5.75. The molecule has 0 amide bonds. The lowest BCUT2D eigenvalue weighted by atomic mass is 9.89. The molecule has 1 heteroatoms. The minimum atomic E-state index is -0.543. The maximum atomic E-state index is 10.8. The molecule has 0 bridgehead atoms. The summed E-state index contributed by atoms with van der Waals surface area (Å²) in [5, 5.41) is 10.8. The van der Waals surface area contributed by atoms with Gasteiger partial charge in [-0.15, -0.1) is 0 Å². The molecule has 2 rings (SSSR count). The van der Waals surface area contributed by atoms with Crippen LogP contribution in [0.25, 0.3) is 0 Å². The van der Waals surface area contributed by atoms with Crippen molar-refractivity contribution in [2.24, 2.45) is 0 Å². The first-order valence-corrected chi connectivity index (χ1v) is 8.44.